The second-order valence-electron chi connectivity index (χ2n) is 7.52. The number of hydrogen-bond donors (Lipinski definition) is 0. The van der Waals surface area contributed by atoms with Gasteiger partial charge in [-0.25, -0.2) is 9.59 Å². The Morgan fingerprint density at radius 2 is 1.47 bits per heavy atom. The molecule has 0 unspecified atom stereocenters. The van der Waals surface area contributed by atoms with Crippen LogP contribution in [0.25, 0.3) is 11.1 Å². The van der Waals surface area contributed by atoms with Crippen molar-refractivity contribution in [3.63, 3.8) is 0 Å². The van der Waals surface area contributed by atoms with E-state index in [1.807, 2.05) is 55.5 Å². The zero-order valence-electron chi connectivity index (χ0n) is 17.5. The van der Waals surface area contributed by atoms with Crippen LogP contribution in [0.1, 0.15) is 23.6 Å². The van der Waals surface area contributed by atoms with Crippen molar-refractivity contribution in [1.82, 2.24) is 0 Å². The molecule has 0 radical (unpaired) electrons. The molecule has 3 aromatic rings. The number of hydrogen-bond acceptors (Lipinski definition) is 5. The van der Waals surface area contributed by atoms with Crippen LogP contribution in [0.5, 0.6) is 17.2 Å². The van der Waals surface area contributed by atoms with E-state index in [-0.39, 0.29) is 0 Å². The summed E-state index contributed by atoms with van der Waals surface area (Å²) in [5.41, 5.74) is 3.37. The summed E-state index contributed by atoms with van der Waals surface area (Å²) >= 11 is 0. The van der Waals surface area contributed by atoms with Gasteiger partial charge in [0.2, 0.25) is 0 Å². The molecule has 2 heterocycles. The van der Waals surface area contributed by atoms with Crippen molar-refractivity contribution < 1.29 is 23.8 Å². The van der Waals surface area contributed by atoms with Crippen LogP contribution in [0.2, 0.25) is 0 Å². The molecule has 0 atom stereocenters. The first-order chi connectivity index (χ1) is 15.6. The van der Waals surface area contributed by atoms with E-state index >= 15 is 0 Å². The molecule has 5 heteroatoms. The number of carbonyl (C=O) groups is 2. The zero-order chi connectivity index (χ0) is 22.2. The van der Waals surface area contributed by atoms with Gasteiger partial charge in [-0.1, -0.05) is 56.0 Å². The van der Waals surface area contributed by atoms with Gasteiger partial charge in [-0.15, -0.1) is 0 Å². The average Bonchev–Trinajstić information content (AvgIpc) is 3.30. The molecule has 0 bridgehead atoms. The van der Waals surface area contributed by atoms with Crippen LogP contribution in [0, 0.1) is 0 Å². The first-order valence-corrected chi connectivity index (χ1v) is 10.4. The summed E-state index contributed by atoms with van der Waals surface area (Å²) < 4.78 is 16.8. The maximum atomic E-state index is 12.8. The maximum absolute atomic E-state index is 12.8. The highest BCUT2D eigenvalue weighted by Crippen LogP contribution is 2.29. The Bertz CT molecular complexity index is 1400. The van der Waals surface area contributed by atoms with Gasteiger partial charge in [-0.3, -0.25) is 0 Å². The van der Waals surface area contributed by atoms with Crippen molar-refractivity contribution in [1.29, 1.82) is 0 Å². The maximum Gasteiger partial charge on any atom is 0.344 e. The monoisotopic (exact) mass is 424 g/mol. The predicted molar refractivity (Wildman–Crippen MR) is 120 cm³/mol. The second kappa shape index (κ2) is 7.85. The molecule has 32 heavy (non-hydrogen) atoms. The third kappa shape index (κ3) is 3.19. The minimum absolute atomic E-state index is 0.408. The molecule has 2 aliphatic heterocycles. The Labute approximate surface area is 184 Å². The topological polar surface area (TPSA) is 61.8 Å². The normalized spacial score (nSPS) is 14.0. The van der Waals surface area contributed by atoms with Gasteiger partial charge in [0.05, 0.1) is 11.1 Å². The lowest BCUT2D eigenvalue weighted by Gasteiger charge is -2.11. The van der Waals surface area contributed by atoms with Crippen LogP contribution in [-0.2, 0) is 16.0 Å². The first-order valence-electron chi connectivity index (χ1n) is 10.4. The van der Waals surface area contributed by atoms with Crippen LogP contribution in [0.15, 0.2) is 73.3 Å². The highest BCUT2D eigenvalue weighted by molar-refractivity contribution is 6.21. The van der Waals surface area contributed by atoms with Crippen molar-refractivity contribution in [2.75, 3.05) is 6.61 Å². The van der Waals surface area contributed by atoms with Gasteiger partial charge < -0.3 is 14.2 Å². The molecule has 0 saturated heterocycles. The molecule has 0 saturated carbocycles. The zero-order valence-corrected chi connectivity index (χ0v) is 17.5. The molecule has 0 amide bonds. The van der Waals surface area contributed by atoms with E-state index in [0.717, 1.165) is 28.9 Å². The molecular formula is C27H20O5. The summed E-state index contributed by atoms with van der Waals surface area (Å²) in [5, 5.41) is 1.23. The van der Waals surface area contributed by atoms with Gasteiger partial charge in [0.15, 0.2) is 0 Å². The van der Waals surface area contributed by atoms with Crippen molar-refractivity contribution in [3.05, 3.63) is 100 Å². The van der Waals surface area contributed by atoms with Gasteiger partial charge in [0.25, 0.3) is 0 Å². The minimum atomic E-state index is -0.432. The summed E-state index contributed by atoms with van der Waals surface area (Å²) in [5.74, 6) is 0.747. The Morgan fingerprint density at radius 1 is 0.844 bits per heavy atom. The van der Waals surface area contributed by atoms with Gasteiger partial charge in [-0.05, 0) is 47.4 Å². The molecular weight excluding hydrogens is 404 g/mol. The second-order valence-corrected chi connectivity index (χ2v) is 7.52. The molecule has 0 N–H and O–H groups in total. The van der Waals surface area contributed by atoms with E-state index in [9.17, 15) is 9.59 Å². The number of aryl methyl sites for hydroxylation is 1. The van der Waals surface area contributed by atoms with E-state index in [1.165, 1.54) is 0 Å². The van der Waals surface area contributed by atoms with Crippen molar-refractivity contribution in [2.45, 2.75) is 13.3 Å². The van der Waals surface area contributed by atoms with Crippen LogP contribution >= 0.6 is 0 Å². The fraction of sp³-hybridized carbons (Fsp3) is 0.111. The van der Waals surface area contributed by atoms with Gasteiger partial charge in [-0.2, -0.15) is 0 Å². The Balaban J connectivity index is 1.68. The Kier molecular flexibility index (Phi) is 4.86. The lowest BCUT2D eigenvalue weighted by atomic mass is 9.99. The van der Waals surface area contributed by atoms with Crippen LogP contribution in [0.4, 0.5) is 0 Å². The highest BCUT2D eigenvalue weighted by atomic mass is 16.5. The molecule has 0 spiro atoms. The number of esters is 2. The number of ether oxygens (including phenoxy) is 3. The Morgan fingerprint density at radius 3 is 2.06 bits per heavy atom. The van der Waals surface area contributed by atoms with E-state index < -0.39 is 11.9 Å². The SMILES string of the molecule is C=CCOc1ccc(C2=c3cc4c(cc3OC2=O)=C(c2ccccc2)C(=O)O4)cc1CC. The quantitative estimate of drug-likeness (QED) is 0.346. The minimum Gasteiger partial charge on any atom is -0.489 e. The smallest absolute Gasteiger partial charge is 0.344 e. The lowest BCUT2D eigenvalue weighted by Crippen LogP contribution is -2.11. The summed E-state index contributed by atoms with van der Waals surface area (Å²) in [7, 11) is 0. The molecule has 2 aliphatic rings. The molecule has 3 aromatic carbocycles. The third-order valence-electron chi connectivity index (χ3n) is 5.58. The van der Waals surface area contributed by atoms with Gasteiger partial charge in [0, 0.05) is 10.4 Å². The van der Waals surface area contributed by atoms with Crippen LogP contribution < -0.4 is 24.6 Å². The number of benzene rings is 3. The van der Waals surface area contributed by atoms with E-state index in [1.54, 1.807) is 18.2 Å². The summed E-state index contributed by atoms with van der Waals surface area (Å²) in [6.45, 7) is 6.11. The largest absolute Gasteiger partial charge is 0.489 e. The van der Waals surface area contributed by atoms with Gasteiger partial charge >= 0.3 is 11.9 Å². The third-order valence-corrected chi connectivity index (χ3v) is 5.58. The van der Waals surface area contributed by atoms with E-state index in [2.05, 4.69) is 6.58 Å². The van der Waals surface area contributed by atoms with Crippen LogP contribution in [0.3, 0.4) is 0 Å². The fourth-order valence-electron chi connectivity index (χ4n) is 4.09. The van der Waals surface area contributed by atoms with Gasteiger partial charge in [0.1, 0.15) is 23.9 Å². The number of carbonyl (C=O) groups excluding carboxylic acids is 2. The van der Waals surface area contributed by atoms with Crippen LogP contribution in [-0.4, -0.2) is 18.5 Å². The average molecular weight is 424 g/mol. The highest BCUT2D eigenvalue weighted by Gasteiger charge is 2.30. The molecule has 0 fully saturated rings. The lowest BCUT2D eigenvalue weighted by molar-refractivity contribution is -0.128. The number of rotatable bonds is 6. The molecule has 0 aliphatic carbocycles. The molecule has 5 rings (SSSR count). The summed E-state index contributed by atoms with van der Waals surface area (Å²) in [6.07, 6.45) is 2.43. The Hall–Kier alpha value is -4.12. The molecule has 0 aromatic heterocycles. The molecule has 158 valence electrons. The summed E-state index contributed by atoms with van der Waals surface area (Å²) in [6, 6.07) is 18.4. The molecule has 5 nitrogen and oxygen atoms in total. The standard InChI is InChI=1S/C27H20O5/c1-3-12-30-21-11-10-18(13-16(21)4-2)25-20-15-22-19(14-23(20)32-27(25)29)24(26(28)31-22)17-8-6-5-7-9-17/h3,5-11,13-15H,1,4,12H2,2H3. The first kappa shape index (κ1) is 19.8. The van der Waals surface area contributed by atoms with Crippen molar-refractivity contribution in [2.24, 2.45) is 0 Å². The fourth-order valence-corrected chi connectivity index (χ4v) is 4.09. The van der Waals surface area contributed by atoms with Crippen molar-refractivity contribution >= 4 is 23.1 Å². The van der Waals surface area contributed by atoms with E-state index in [4.69, 9.17) is 14.2 Å². The number of fused-ring (bicyclic) bond motifs is 2. The summed E-state index contributed by atoms with van der Waals surface area (Å²) in [4.78, 5) is 25.4. The van der Waals surface area contributed by atoms with E-state index in [0.29, 0.717) is 39.7 Å². The predicted octanol–water partition coefficient (Wildman–Crippen LogP) is 3.05. The van der Waals surface area contributed by atoms with Crippen molar-refractivity contribution in [3.8, 4) is 17.2 Å².